The van der Waals surface area contributed by atoms with Crippen molar-refractivity contribution in [1.29, 1.82) is 0 Å². The van der Waals surface area contributed by atoms with Crippen LogP contribution >= 0.6 is 35.6 Å². The van der Waals surface area contributed by atoms with Crippen LogP contribution in [0.2, 0.25) is 10.0 Å². The van der Waals surface area contributed by atoms with E-state index in [1.54, 1.807) is 12.1 Å². The number of piperidine rings is 1. The Balaban J connectivity index is 0.00000180. The van der Waals surface area contributed by atoms with E-state index in [9.17, 15) is 9.90 Å². The predicted molar refractivity (Wildman–Crippen MR) is 79.4 cm³/mol. The van der Waals surface area contributed by atoms with Gasteiger partial charge in [-0.2, -0.15) is 0 Å². The van der Waals surface area contributed by atoms with Gasteiger partial charge < -0.3 is 5.11 Å². The summed E-state index contributed by atoms with van der Waals surface area (Å²) in [5, 5.41) is 10.2. The van der Waals surface area contributed by atoms with Crippen molar-refractivity contribution in [2.45, 2.75) is 31.8 Å². The largest absolute Gasteiger partial charge is 0.480 e. The molecule has 1 fully saturated rings. The Hall–Kier alpha value is -0.480. The van der Waals surface area contributed by atoms with E-state index >= 15 is 0 Å². The second kappa shape index (κ2) is 7.34. The molecule has 19 heavy (non-hydrogen) atoms. The molecule has 0 amide bonds. The van der Waals surface area contributed by atoms with Crippen molar-refractivity contribution in [1.82, 2.24) is 4.90 Å². The number of benzene rings is 1. The van der Waals surface area contributed by atoms with Crippen LogP contribution in [0, 0.1) is 0 Å². The Labute approximate surface area is 128 Å². The molecule has 0 spiro atoms. The second-order valence-corrected chi connectivity index (χ2v) is 5.38. The van der Waals surface area contributed by atoms with Gasteiger partial charge in [-0.3, -0.25) is 9.69 Å². The molecular weight excluding hydrogens is 309 g/mol. The van der Waals surface area contributed by atoms with Crippen LogP contribution in [0.1, 0.15) is 24.8 Å². The summed E-state index contributed by atoms with van der Waals surface area (Å²) in [5.74, 6) is -0.741. The van der Waals surface area contributed by atoms with Crippen LogP contribution in [-0.4, -0.2) is 28.6 Å². The number of hydrogen-bond donors (Lipinski definition) is 1. The minimum absolute atomic E-state index is 0. The van der Waals surface area contributed by atoms with Crippen molar-refractivity contribution >= 4 is 41.6 Å². The highest BCUT2D eigenvalue weighted by Gasteiger charge is 2.28. The van der Waals surface area contributed by atoms with E-state index in [1.807, 2.05) is 11.0 Å². The van der Waals surface area contributed by atoms with E-state index in [0.29, 0.717) is 16.6 Å². The Morgan fingerprint density at radius 3 is 2.68 bits per heavy atom. The van der Waals surface area contributed by atoms with Crippen LogP contribution in [0.3, 0.4) is 0 Å². The molecule has 3 nitrogen and oxygen atoms in total. The number of rotatable bonds is 3. The first-order valence-electron chi connectivity index (χ1n) is 5.98. The standard InChI is InChI=1S/C13H15Cl2NO2.ClH/c14-10-5-4-9(7-11(10)15)8-16-6-2-1-3-12(16)13(17)18;/h4-5,7,12H,1-3,6,8H2,(H,17,18);1H. The Bertz CT molecular complexity index is 454. The molecule has 2 rings (SSSR count). The zero-order valence-electron chi connectivity index (χ0n) is 10.3. The summed E-state index contributed by atoms with van der Waals surface area (Å²) in [6.07, 6.45) is 2.75. The van der Waals surface area contributed by atoms with E-state index in [4.69, 9.17) is 23.2 Å². The van der Waals surface area contributed by atoms with Crippen LogP contribution in [0.15, 0.2) is 18.2 Å². The fourth-order valence-electron chi connectivity index (χ4n) is 2.33. The maximum absolute atomic E-state index is 11.2. The van der Waals surface area contributed by atoms with Gasteiger partial charge in [0.1, 0.15) is 6.04 Å². The molecule has 0 bridgehead atoms. The van der Waals surface area contributed by atoms with Gasteiger partial charge >= 0.3 is 5.97 Å². The van der Waals surface area contributed by atoms with E-state index in [1.165, 1.54) is 0 Å². The maximum atomic E-state index is 11.2. The molecule has 1 aromatic carbocycles. The van der Waals surface area contributed by atoms with Gasteiger partial charge in [-0.1, -0.05) is 35.7 Å². The summed E-state index contributed by atoms with van der Waals surface area (Å²) in [5.41, 5.74) is 0.998. The minimum atomic E-state index is -0.741. The smallest absolute Gasteiger partial charge is 0.320 e. The highest BCUT2D eigenvalue weighted by atomic mass is 35.5. The van der Waals surface area contributed by atoms with Crippen molar-refractivity contribution in [3.05, 3.63) is 33.8 Å². The fourth-order valence-corrected chi connectivity index (χ4v) is 2.65. The molecule has 0 radical (unpaired) electrons. The Morgan fingerprint density at radius 2 is 2.05 bits per heavy atom. The van der Waals surface area contributed by atoms with Gasteiger partial charge in [-0.15, -0.1) is 12.4 Å². The molecule has 6 heteroatoms. The van der Waals surface area contributed by atoms with Crippen LogP contribution in [-0.2, 0) is 11.3 Å². The van der Waals surface area contributed by atoms with E-state index in [-0.39, 0.29) is 18.4 Å². The number of halogens is 3. The van der Waals surface area contributed by atoms with Crippen LogP contribution in [0.4, 0.5) is 0 Å². The van der Waals surface area contributed by atoms with E-state index in [0.717, 1.165) is 31.4 Å². The lowest BCUT2D eigenvalue weighted by atomic mass is 10.0. The maximum Gasteiger partial charge on any atom is 0.320 e. The summed E-state index contributed by atoms with van der Waals surface area (Å²) < 4.78 is 0. The number of carboxylic acid groups (broad SMARTS) is 1. The predicted octanol–water partition coefficient (Wildman–Crippen LogP) is 3.85. The molecular formula is C13H16Cl3NO2. The quantitative estimate of drug-likeness (QED) is 0.918. The second-order valence-electron chi connectivity index (χ2n) is 4.57. The third kappa shape index (κ3) is 4.25. The lowest BCUT2D eigenvalue weighted by Gasteiger charge is -2.32. The van der Waals surface area contributed by atoms with Gasteiger partial charge in [0.25, 0.3) is 0 Å². The monoisotopic (exact) mass is 323 g/mol. The lowest BCUT2D eigenvalue weighted by Crippen LogP contribution is -2.43. The third-order valence-electron chi connectivity index (χ3n) is 3.27. The number of likely N-dealkylation sites (tertiary alicyclic amines) is 1. The van der Waals surface area contributed by atoms with Crippen LogP contribution in [0.5, 0.6) is 0 Å². The summed E-state index contributed by atoms with van der Waals surface area (Å²) in [6.45, 7) is 1.42. The molecule has 0 saturated carbocycles. The fraction of sp³-hybridized carbons (Fsp3) is 0.462. The van der Waals surface area contributed by atoms with Gasteiger partial charge in [-0.05, 0) is 37.1 Å². The molecule has 106 valence electrons. The number of carbonyl (C=O) groups is 1. The highest BCUT2D eigenvalue weighted by molar-refractivity contribution is 6.42. The average Bonchev–Trinajstić information content (AvgIpc) is 2.34. The van der Waals surface area contributed by atoms with E-state index < -0.39 is 5.97 Å². The molecule has 1 aromatic rings. The zero-order valence-corrected chi connectivity index (χ0v) is 12.6. The molecule has 0 aromatic heterocycles. The molecule has 0 aliphatic carbocycles. The number of nitrogens with zero attached hydrogens (tertiary/aromatic N) is 1. The van der Waals surface area contributed by atoms with Crippen molar-refractivity contribution in [3.63, 3.8) is 0 Å². The molecule has 1 aliphatic rings. The van der Waals surface area contributed by atoms with Gasteiger partial charge in [0.2, 0.25) is 0 Å². The lowest BCUT2D eigenvalue weighted by molar-refractivity contribution is -0.144. The molecule has 1 N–H and O–H groups in total. The minimum Gasteiger partial charge on any atom is -0.480 e. The van der Waals surface area contributed by atoms with Gasteiger partial charge in [0.05, 0.1) is 10.0 Å². The van der Waals surface area contributed by atoms with E-state index in [2.05, 4.69) is 0 Å². The highest BCUT2D eigenvalue weighted by Crippen LogP contribution is 2.25. The third-order valence-corrected chi connectivity index (χ3v) is 4.01. The van der Waals surface area contributed by atoms with Crippen LogP contribution < -0.4 is 0 Å². The van der Waals surface area contributed by atoms with Crippen molar-refractivity contribution < 1.29 is 9.90 Å². The normalized spacial score (nSPS) is 19.8. The number of carboxylic acids is 1. The molecule has 1 heterocycles. The summed E-state index contributed by atoms with van der Waals surface area (Å²) in [7, 11) is 0. The zero-order chi connectivity index (χ0) is 13.1. The number of hydrogen-bond acceptors (Lipinski definition) is 2. The van der Waals surface area contributed by atoms with Crippen molar-refractivity contribution in [2.75, 3.05) is 6.54 Å². The Kier molecular flexibility index (Phi) is 6.40. The summed E-state index contributed by atoms with van der Waals surface area (Å²) in [4.78, 5) is 13.2. The Morgan fingerprint density at radius 1 is 1.32 bits per heavy atom. The first kappa shape index (κ1) is 16.6. The van der Waals surface area contributed by atoms with Gasteiger partial charge in [0, 0.05) is 6.54 Å². The average molecular weight is 325 g/mol. The van der Waals surface area contributed by atoms with Gasteiger partial charge in [0.15, 0.2) is 0 Å². The van der Waals surface area contributed by atoms with Crippen molar-refractivity contribution in [3.8, 4) is 0 Å². The van der Waals surface area contributed by atoms with Gasteiger partial charge in [-0.25, -0.2) is 0 Å². The van der Waals surface area contributed by atoms with Crippen LogP contribution in [0.25, 0.3) is 0 Å². The molecule has 1 aliphatic heterocycles. The first-order chi connectivity index (χ1) is 8.58. The molecule has 1 unspecified atom stereocenters. The molecule has 1 atom stereocenters. The van der Waals surface area contributed by atoms with Crippen molar-refractivity contribution in [2.24, 2.45) is 0 Å². The topological polar surface area (TPSA) is 40.5 Å². The summed E-state index contributed by atoms with van der Waals surface area (Å²) in [6, 6.07) is 5.06. The first-order valence-corrected chi connectivity index (χ1v) is 6.74. The summed E-state index contributed by atoms with van der Waals surface area (Å²) >= 11 is 11.8. The number of aliphatic carboxylic acids is 1. The SMILES string of the molecule is Cl.O=C(O)C1CCCCN1Cc1ccc(Cl)c(Cl)c1. The molecule has 1 saturated heterocycles.